The summed E-state index contributed by atoms with van der Waals surface area (Å²) in [6.45, 7) is 2.83. The van der Waals surface area contributed by atoms with Gasteiger partial charge in [0, 0.05) is 6.04 Å². The molecule has 0 amide bonds. The van der Waals surface area contributed by atoms with Gasteiger partial charge in [0.25, 0.3) is 0 Å². The quantitative estimate of drug-likeness (QED) is 0.800. The Balaban J connectivity index is 2.25. The Bertz CT molecular complexity index is 601. The molecule has 0 saturated heterocycles. The zero-order valence-electron chi connectivity index (χ0n) is 11.9. The van der Waals surface area contributed by atoms with E-state index in [0.717, 1.165) is 18.5 Å². The van der Waals surface area contributed by atoms with Crippen LogP contribution in [0.4, 0.5) is 8.78 Å². The van der Waals surface area contributed by atoms with Crippen molar-refractivity contribution in [3.05, 3.63) is 70.2 Å². The highest BCUT2D eigenvalue weighted by Gasteiger charge is 2.15. The van der Waals surface area contributed by atoms with E-state index < -0.39 is 5.82 Å². The molecule has 0 heterocycles. The molecule has 4 heteroatoms. The van der Waals surface area contributed by atoms with Gasteiger partial charge in [-0.1, -0.05) is 42.8 Å². The van der Waals surface area contributed by atoms with E-state index >= 15 is 0 Å². The molecule has 0 radical (unpaired) electrons. The zero-order valence-corrected chi connectivity index (χ0v) is 12.6. The Morgan fingerprint density at radius 1 is 1.10 bits per heavy atom. The third kappa shape index (κ3) is 4.26. The summed E-state index contributed by atoms with van der Waals surface area (Å²) < 4.78 is 27.5. The number of hydrogen-bond donors (Lipinski definition) is 1. The molecule has 0 fully saturated rings. The van der Waals surface area contributed by atoms with Crippen molar-refractivity contribution < 1.29 is 8.78 Å². The fourth-order valence-electron chi connectivity index (χ4n) is 2.24. The second-order valence-electron chi connectivity index (χ2n) is 4.98. The number of hydrogen-bond acceptors (Lipinski definition) is 1. The van der Waals surface area contributed by atoms with Gasteiger partial charge in [-0.15, -0.1) is 0 Å². The lowest BCUT2D eigenvalue weighted by molar-refractivity contribution is 0.509. The average Bonchev–Trinajstić information content (AvgIpc) is 2.48. The van der Waals surface area contributed by atoms with Gasteiger partial charge in [0.15, 0.2) is 0 Å². The second-order valence-corrected chi connectivity index (χ2v) is 5.38. The van der Waals surface area contributed by atoms with Gasteiger partial charge in [0.05, 0.1) is 5.02 Å². The largest absolute Gasteiger partial charge is 0.310 e. The van der Waals surface area contributed by atoms with Crippen LogP contribution in [0.3, 0.4) is 0 Å². The van der Waals surface area contributed by atoms with E-state index in [2.05, 4.69) is 12.2 Å². The lowest BCUT2D eigenvalue weighted by atomic mass is 9.98. The predicted octanol–water partition coefficient (Wildman–Crippen LogP) is 4.90. The number of rotatable bonds is 6. The molecule has 1 atom stereocenters. The third-order valence-corrected chi connectivity index (χ3v) is 3.68. The lowest BCUT2D eigenvalue weighted by Gasteiger charge is -2.20. The fraction of sp³-hybridized carbons (Fsp3) is 0.294. The van der Waals surface area contributed by atoms with Gasteiger partial charge in [-0.05, 0) is 48.7 Å². The Morgan fingerprint density at radius 2 is 1.86 bits per heavy atom. The molecule has 0 aliphatic carbocycles. The minimum Gasteiger partial charge on any atom is -0.310 e. The molecule has 0 saturated carbocycles. The number of benzene rings is 2. The Kier molecular flexibility index (Phi) is 5.71. The highest BCUT2D eigenvalue weighted by Crippen LogP contribution is 2.24. The highest BCUT2D eigenvalue weighted by molar-refractivity contribution is 6.30. The molecule has 2 aromatic carbocycles. The van der Waals surface area contributed by atoms with Crippen molar-refractivity contribution in [2.24, 2.45) is 0 Å². The van der Waals surface area contributed by atoms with Gasteiger partial charge in [-0.3, -0.25) is 0 Å². The first kappa shape index (κ1) is 15.9. The van der Waals surface area contributed by atoms with Gasteiger partial charge in [0.1, 0.15) is 11.6 Å². The maximum Gasteiger partial charge on any atom is 0.142 e. The number of halogens is 3. The van der Waals surface area contributed by atoms with Crippen LogP contribution in [-0.4, -0.2) is 6.54 Å². The van der Waals surface area contributed by atoms with Gasteiger partial charge in [-0.2, -0.15) is 0 Å². The molecule has 0 aliphatic rings. The Morgan fingerprint density at radius 3 is 2.52 bits per heavy atom. The van der Waals surface area contributed by atoms with Crippen molar-refractivity contribution in [1.29, 1.82) is 0 Å². The van der Waals surface area contributed by atoms with Gasteiger partial charge in [-0.25, -0.2) is 8.78 Å². The SMILES string of the molecule is CCCNC(Cc1ccccc1F)c1ccc(Cl)c(F)c1. The minimum atomic E-state index is -0.453. The van der Waals surface area contributed by atoms with Crippen LogP contribution in [0.1, 0.15) is 30.5 Å². The molecular formula is C17H18ClF2N. The van der Waals surface area contributed by atoms with Crippen molar-refractivity contribution in [2.75, 3.05) is 6.54 Å². The molecule has 112 valence electrons. The van der Waals surface area contributed by atoms with Crippen LogP contribution in [0.5, 0.6) is 0 Å². The maximum atomic E-state index is 13.8. The summed E-state index contributed by atoms with van der Waals surface area (Å²) in [5.41, 5.74) is 1.38. The Labute approximate surface area is 128 Å². The first-order valence-electron chi connectivity index (χ1n) is 7.03. The molecule has 0 aromatic heterocycles. The smallest absolute Gasteiger partial charge is 0.142 e. The van der Waals surface area contributed by atoms with Crippen molar-refractivity contribution >= 4 is 11.6 Å². The predicted molar refractivity (Wildman–Crippen MR) is 82.5 cm³/mol. The molecule has 2 aromatic rings. The third-order valence-electron chi connectivity index (χ3n) is 3.37. The van der Waals surface area contributed by atoms with E-state index in [4.69, 9.17) is 11.6 Å². The monoisotopic (exact) mass is 309 g/mol. The summed E-state index contributed by atoms with van der Waals surface area (Å²) in [7, 11) is 0. The summed E-state index contributed by atoms with van der Waals surface area (Å²) >= 11 is 5.72. The second kappa shape index (κ2) is 7.53. The fourth-order valence-corrected chi connectivity index (χ4v) is 2.36. The molecule has 1 N–H and O–H groups in total. The van der Waals surface area contributed by atoms with E-state index in [1.807, 2.05) is 0 Å². The Hall–Kier alpha value is -1.45. The van der Waals surface area contributed by atoms with E-state index in [1.165, 1.54) is 18.2 Å². The van der Waals surface area contributed by atoms with Crippen molar-refractivity contribution in [3.63, 3.8) is 0 Å². The van der Waals surface area contributed by atoms with Crippen LogP contribution in [0.25, 0.3) is 0 Å². The zero-order chi connectivity index (χ0) is 15.2. The average molecular weight is 310 g/mol. The molecule has 21 heavy (non-hydrogen) atoms. The summed E-state index contributed by atoms with van der Waals surface area (Å²) in [5.74, 6) is -0.693. The maximum absolute atomic E-state index is 13.8. The summed E-state index contributed by atoms with van der Waals surface area (Å²) in [5, 5.41) is 3.43. The molecule has 2 rings (SSSR count). The molecule has 1 unspecified atom stereocenters. The van der Waals surface area contributed by atoms with Crippen LogP contribution >= 0.6 is 11.6 Å². The summed E-state index contributed by atoms with van der Waals surface area (Å²) in [4.78, 5) is 0. The van der Waals surface area contributed by atoms with E-state index in [0.29, 0.717) is 12.0 Å². The molecule has 0 spiro atoms. The van der Waals surface area contributed by atoms with E-state index in [9.17, 15) is 8.78 Å². The van der Waals surface area contributed by atoms with Gasteiger partial charge >= 0.3 is 0 Å². The first-order chi connectivity index (χ1) is 10.1. The molecule has 0 aliphatic heterocycles. The molecular weight excluding hydrogens is 292 g/mol. The standard InChI is InChI=1S/C17H18ClF2N/c1-2-9-21-17(11-12-5-3-4-6-15(12)19)13-7-8-14(18)16(20)10-13/h3-8,10,17,21H,2,9,11H2,1H3. The molecule has 0 bridgehead atoms. The van der Waals surface area contributed by atoms with Crippen LogP contribution in [0, 0.1) is 11.6 Å². The topological polar surface area (TPSA) is 12.0 Å². The van der Waals surface area contributed by atoms with Crippen LogP contribution in [-0.2, 0) is 6.42 Å². The van der Waals surface area contributed by atoms with Crippen molar-refractivity contribution in [3.8, 4) is 0 Å². The van der Waals surface area contributed by atoms with Crippen LogP contribution < -0.4 is 5.32 Å². The van der Waals surface area contributed by atoms with Crippen molar-refractivity contribution in [1.82, 2.24) is 5.32 Å². The summed E-state index contributed by atoms with van der Waals surface area (Å²) in [6, 6.07) is 11.2. The summed E-state index contributed by atoms with van der Waals surface area (Å²) in [6.07, 6.45) is 1.41. The van der Waals surface area contributed by atoms with Gasteiger partial charge in [0.2, 0.25) is 0 Å². The van der Waals surface area contributed by atoms with E-state index in [-0.39, 0.29) is 16.9 Å². The van der Waals surface area contributed by atoms with Crippen molar-refractivity contribution in [2.45, 2.75) is 25.8 Å². The molecule has 1 nitrogen and oxygen atoms in total. The lowest BCUT2D eigenvalue weighted by Crippen LogP contribution is -2.24. The van der Waals surface area contributed by atoms with Crippen LogP contribution in [0.15, 0.2) is 42.5 Å². The normalized spacial score (nSPS) is 12.4. The first-order valence-corrected chi connectivity index (χ1v) is 7.41. The minimum absolute atomic E-state index is 0.0962. The van der Waals surface area contributed by atoms with Gasteiger partial charge < -0.3 is 5.32 Å². The number of nitrogens with one attached hydrogen (secondary N) is 1. The van der Waals surface area contributed by atoms with E-state index in [1.54, 1.807) is 24.3 Å². The van der Waals surface area contributed by atoms with Crippen LogP contribution in [0.2, 0.25) is 5.02 Å². The highest BCUT2D eigenvalue weighted by atomic mass is 35.5.